The largest absolute Gasteiger partial charge is 0.506 e. The molecule has 3 N–H and O–H groups in total. The summed E-state index contributed by atoms with van der Waals surface area (Å²) < 4.78 is 5.10. The zero-order valence-electron chi connectivity index (χ0n) is 15.3. The van der Waals surface area contributed by atoms with Crippen LogP contribution in [0.2, 0.25) is 5.02 Å². The van der Waals surface area contributed by atoms with Gasteiger partial charge in [0, 0.05) is 17.9 Å². The lowest BCUT2D eigenvalue weighted by Crippen LogP contribution is -2.42. The minimum absolute atomic E-state index is 0. The van der Waals surface area contributed by atoms with Crippen LogP contribution in [0.4, 0.5) is 0 Å². The Balaban J connectivity index is 0.00000300. The maximum atomic E-state index is 12.6. The Morgan fingerprint density at radius 2 is 1.97 bits per heavy atom. The Morgan fingerprint density at radius 3 is 2.59 bits per heavy atom. The van der Waals surface area contributed by atoms with Crippen LogP contribution in [0.5, 0.6) is 5.75 Å². The zero-order chi connectivity index (χ0) is 20.4. The molecule has 0 aromatic heterocycles. The number of aromatic hydroxyl groups is 1. The minimum Gasteiger partial charge on any atom is -0.506 e. The average molecular weight is 440 g/mol. The van der Waals surface area contributed by atoms with Gasteiger partial charge in [-0.05, 0) is 24.1 Å². The normalized spacial score (nSPS) is 16.1. The number of ether oxygens (including phenoxy) is 1. The molecule has 2 aromatic carbocycles. The van der Waals surface area contributed by atoms with Crippen LogP contribution in [-0.2, 0) is 22.4 Å². The first-order valence-corrected chi connectivity index (χ1v) is 8.98. The number of fused-ring (bicyclic) bond motifs is 1. The Bertz CT molecular complexity index is 948. The number of cyclic esters (lactones) is 1. The molecule has 1 aliphatic rings. The summed E-state index contributed by atoms with van der Waals surface area (Å²) in [7, 11) is 0. The van der Waals surface area contributed by atoms with Gasteiger partial charge in [0.15, 0.2) is 0 Å². The SMILES string of the molecule is C[C@@H]1Cc2c(Cl)cc(C(=O)N[C@@H](Cc3ccccc3)C(=O)O)c(O)c2C(=O)O1.Cl. The quantitative estimate of drug-likeness (QED) is 0.617. The van der Waals surface area contributed by atoms with Gasteiger partial charge in [-0.25, -0.2) is 9.59 Å². The molecule has 2 atom stereocenters. The van der Waals surface area contributed by atoms with E-state index < -0.39 is 35.7 Å². The molecule has 0 spiro atoms. The molecule has 0 bridgehead atoms. The molecule has 0 fully saturated rings. The molecular formula is C20H19Cl2NO6. The van der Waals surface area contributed by atoms with Crippen molar-refractivity contribution in [1.82, 2.24) is 5.32 Å². The molecule has 0 unspecified atom stereocenters. The van der Waals surface area contributed by atoms with Crippen molar-refractivity contribution in [2.24, 2.45) is 0 Å². The third-order valence-corrected chi connectivity index (χ3v) is 4.82. The Hall–Kier alpha value is -2.77. The fourth-order valence-electron chi connectivity index (χ4n) is 3.13. The van der Waals surface area contributed by atoms with Crippen LogP contribution in [0.1, 0.15) is 38.8 Å². The van der Waals surface area contributed by atoms with Crippen LogP contribution in [0.3, 0.4) is 0 Å². The molecule has 1 heterocycles. The van der Waals surface area contributed by atoms with Crippen LogP contribution in [-0.4, -0.2) is 40.2 Å². The van der Waals surface area contributed by atoms with E-state index in [4.69, 9.17) is 16.3 Å². The smallest absolute Gasteiger partial charge is 0.342 e. The number of phenolic OH excluding ortho intramolecular Hbond substituents is 1. The molecule has 9 heteroatoms. The number of carbonyl (C=O) groups excluding carboxylic acids is 2. The molecule has 1 aliphatic heterocycles. The van der Waals surface area contributed by atoms with Crippen LogP contribution >= 0.6 is 24.0 Å². The molecule has 0 aliphatic carbocycles. The van der Waals surface area contributed by atoms with E-state index in [9.17, 15) is 24.6 Å². The summed E-state index contributed by atoms with van der Waals surface area (Å²) in [6.45, 7) is 1.69. The van der Waals surface area contributed by atoms with Gasteiger partial charge < -0.3 is 20.3 Å². The molecule has 0 saturated heterocycles. The van der Waals surface area contributed by atoms with Gasteiger partial charge in [0.25, 0.3) is 5.91 Å². The first-order valence-electron chi connectivity index (χ1n) is 8.60. The number of benzene rings is 2. The number of hydrogen-bond donors (Lipinski definition) is 3. The van der Waals surface area contributed by atoms with Crippen LogP contribution in [0.15, 0.2) is 36.4 Å². The van der Waals surface area contributed by atoms with Crippen LogP contribution < -0.4 is 5.32 Å². The fraction of sp³-hybridized carbons (Fsp3) is 0.250. The van der Waals surface area contributed by atoms with E-state index in [1.165, 1.54) is 6.07 Å². The number of amides is 1. The van der Waals surface area contributed by atoms with Crippen molar-refractivity contribution in [3.63, 3.8) is 0 Å². The Labute approximate surface area is 178 Å². The Kier molecular flexibility index (Phi) is 7.11. The van der Waals surface area contributed by atoms with Gasteiger partial charge >= 0.3 is 11.9 Å². The number of carboxylic acids is 1. The Morgan fingerprint density at radius 1 is 1.31 bits per heavy atom. The molecule has 1 amide bonds. The second-order valence-electron chi connectivity index (χ2n) is 6.58. The second-order valence-corrected chi connectivity index (χ2v) is 6.99. The number of hydrogen-bond acceptors (Lipinski definition) is 5. The van der Waals surface area contributed by atoms with Crippen molar-refractivity contribution in [2.75, 3.05) is 0 Å². The van der Waals surface area contributed by atoms with Gasteiger partial charge in [0.05, 0.1) is 5.56 Å². The highest BCUT2D eigenvalue weighted by Gasteiger charge is 2.33. The van der Waals surface area contributed by atoms with E-state index in [-0.39, 0.29) is 35.0 Å². The van der Waals surface area contributed by atoms with Gasteiger partial charge in [-0.15, -0.1) is 12.4 Å². The number of phenols is 1. The molecule has 3 rings (SSSR count). The zero-order valence-corrected chi connectivity index (χ0v) is 16.9. The molecule has 7 nitrogen and oxygen atoms in total. The minimum atomic E-state index is -1.23. The summed E-state index contributed by atoms with van der Waals surface area (Å²) in [5.41, 5.74) is 0.680. The van der Waals surface area contributed by atoms with Crippen molar-refractivity contribution in [3.8, 4) is 5.75 Å². The lowest BCUT2D eigenvalue weighted by molar-refractivity contribution is -0.139. The summed E-state index contributed by atoms with van der Waals surface area (Å²) in [5.74, 6) is -3.43. The highest BCUT2D eigenvalue weighted by Crippen LogP contribution is 2.36. The van der Waals surface area contributed by atoms with E-state index >= 15 is 0 Å². The standard InChI is InChI=1S/C20H18ClNO6.ClH/c1-10-7-12-14(21)9-13(17(23)16(12)20(27)28-10)18(24)22-15(19(25)26)8-11-5-3-2-4-6-11;/h2-6,9-10,15,23H,7-8H2,1H3,(H,22,24)(H,25,26);1H/t10-,15+;/m1./s1. The van der Waals surface area contributed by atoms with E-state index in [1.54, 1.807) is 37.3 Å². The predicted octanol–water partition coefficient (Wildman–Crippen LogP) is 2.99. The second kappa shape index (κ2) is 9.15. The number of rotatable bonds is 5. The highest BCUT2D eigenvalue weighted by atomic mass is 35.5. The van der Waals surface area contributed by atoms with E-state index in [0.29, 0.717) is 12.0 Å². The third kappa shape index (κ3) is 4.81. The number of halogens is 2. The van der Waals surface area contributed by atoms with E-state index in [0.717, 1.165) is 5.56 Å². The molecule has 0 saturated carbocycles. The number of esters is 1. The molecule has 29 heavy (non-hydrogen) atoms. The number of carbonyl (C=O) groups is 3. The maximum Gasteiger partial charge on any atom is 0.342 e. The lowest BCUT2D eigenvalue weighted by atomic mass is 9.95. The monoisotopic (exact) mass is 439 g/mol. The first kappa shape index (κ1) is 22.5. The van der Waals surface area contributed by atoms with Crippen molar-refractivity contribution in [2.45, 2.75) is 31.9 Å². The third-order valence-electron chi connectivity index (χ3n) is 4.49. The molecule has 0 radical (unpaired) electrons. The van der Waals surface area contributed by atoms with Gasteiger partial charge in [-0.1, -0.05) is 41.9 Å². The van der Waals surface area contributed by atoms with E-state index in [2.05, 4.69) is 5.32 Å². The topological polar surface area (TPSA) is 113 Å². The highest BCUT2D eigenvalue weighted by molar-refractivity contribution is 6.32. The molecule has 2 aromatic rings. The maximum absolute atomic E-state index is 12.6. The van der Waals surface area contributed by atoms with Crippen molar-refractivity contribution in [1.29, 1.82) is 0 Å². The van der Waals surface area contributed by atoms with Crippen molar-refractivity contribution < 1.29 is 29.3 Å². The van der Waals surface area contributed by atoms with Crippen LogP contribution in [0.25, 0.3) is 0 Å². The summed E-state index contributed by atoms with van der Waals surface area (Å²) in [4.78, 5) is 36.3. The summed E-state index contributed by atoms with van der Waals surface area (Å²) >= 11 is 6.21. The first-order chi connectivity index (χ1) is 13.3. The number of nitrogens with one attached hydrogen (secondary N) is 1. The number of carboxylic acid groups (broad SMARTS) is 1. The van der Waals surface area contributed by atoms with Crippen molar-refractivity contribution in [3.05, 3.63) is 63.7 Å². The molecule has 154 valence electrons. The summed E-state index contributed by atoms with van der Waals surface area (Å²) in [5, 5.41) is 22.4. The van der Waals surface area contributed by atoms with Gasteiger partial charge in [0.1, 0.15) is 23.5 Å². The van der Waals surface area contributed by atoms with Crippen molar-refractivity contribution >= 4 is 41.9 Å². The van der Waals surface area contributed by atoms with Crippen LogP contribution in [0, 0.1) is 0 Å². The fourth-order valence-corrected chi connectivity index (χ4v) is 3.41. The van der Waals surface area contributed by atoms with E-state index in [1.807, 2.05) is 0 Å². The predicted molar refractivity (Wildman–Crippen MR) is 108 cm³/mol. The van der Waals surface area contributed by atoms with Gasteiger partial charge in [0.2, 0.25) is 0 Å². The van der Waals surface area contributed by atoms with Gasteiger partial charge in [-0.3, -0.25) is 4.79 Å². The molecular weight excluding hydrogens is 421 g/mol. The number of aliphatic carboxylic acids is 1. The summed E-state index contributed by atoms with van der Waals surface area (Å²) in [6, 6.07) is 8.81. The lowest BCUT2D eigenvalue weighted by Gasteiger charge is -2.24. The summed E-state index contributed by atoms with van der Waals surface area (Å²) in [6.07, 6.45) is -0.0407. The average Bonchev–Trinajstić information content (AvgIpc) is 2.64. The van der Waals surface area contributed by atoms with Gasteiger partial charge in [-0.2, -0.15) is 0 Å².